The highest BCUT2D eigenvalue weighted by Gasteiger charge is 2.42. The molecule has 0 spiro atoms. The molecule has 6 nitrogen and oxygen atoms in total. The molecule has 2 heterocycles. The summed E-state index contributed by atoms with van der Waals surface area (Å²) >= 11 is 0. The summed E-state index contributed by atoms with van der Waals surface area (Å²) in [4.78, 5) is 27.2. The summed E-state index contributed by atoms with van der Waals surface area (Å²) in [6.45, 7) is 4.23. The first-order chi connectivity index (χ1) is 8.63. The minimum atomic E-state index is -0.616. The number of aliphatic hydroxyl groups excluding tert-OH is 1. The lowest BCUT2D eigenvalue weighted by Crippen LogP contribution is -2.59. The quantitative estimate of drug-likeness (QED) is 0.646. The molecule has 2 rings (SSSR count). The molecule has 0 bridgehead atoms. The van der Waals surface area contributed by atoms with Gasteiger partial charge in [0, 0.05) is 19.6 Å². The Morgan fingerprint density at radius 3 is 3.00 bits per heavy atom. The van der Waals surface area contributed by atoms with E-state index in [-0.39, 0.29) is 30.9 Å². The van der Waals surface area contributed by atoms with Crippen molar-refractivity contribution in [2.24, 2.45) is 0 Å². The maximum atomic E-state index is 12.2. The third kappa shape index (κ3) is 2.64. The number of aliphatic hydroxyl groups is 1. The second-order valence-electron chi connectivity index (χ2n) is 4.93. The Labute approximate surface area is 107 Å². The summed E-state index contributed by atoms with van der Waals surface area (Å²) in [5.74, 6) is -0.00426. The van der Waals surface area contributed by atoms with Crippen molar-refractivity contribution < 1.29 is 14.7 Å². The Hall–Kier alpha value is -1.14. The molecule has 2 atom stereocenters. The van der Waals surface area contributed by atoms with E-state index in [0.29, 0.717) is 13.1 Å². The van der Waals surface area contributed by atoms with E-state index in [1.54, 1.807) is 4.90 Å². The number of fused-ring (bicyclic) bond motifs is 1. The number of likely N-dealkylation sites (N-methyl/N-ethyl adjacent to an activating group) is 1. The molecular formula is C12H21N3O3. The van der Waals surface area contributed by atoms with E-state index < -0.39 is 6.10 Å². The van der Waals surface area contributed by atoms with Crippen LogP contribution in [0.15, 0.2) is 0 Å². The number of hydrogen-bond donors (Lipinski definition) is 2. The van der Waals surface area contributed by atoms with E-state index in [0.717, 1.165) is 19.4 Å². The number of carbonyl (C=O) groups is 2. The molecule has 0 aromatic carbocycles. The van der Waals surface area contributed by atoms with E-state index in [4.69, 9.17) is 0 Å². The van der Waals surface area contributed by atoms with Gasteiger partial charge >= 0.3 is 0 Å². The zero-order chi connectivity index (χ0) is 13.1. The maximum absolute atomic E-state index is 12.2. The first kappa shape index (κ1) is 13.3. The van der Waals surface area contributed by atoms with Crippen molar-refractivity contribution in [3.8, 4) is 0 Å². The normalized spacial score (nSPS) is 25.6. The van der Waals surface area contributed by atoms with Crippen molar-refractivity contribution in [2.75, 3.05) is 32.7 Å². The van der Waals surface area contributed by atoms with Gasteiger partial charge in [0.15, 0.2) is 0 Å². The molecule has 102 valence electrons. The number of amides is 2. The second-order valence-corrected chi connectivity index (χ2v) is 4.93. The Balaban J connectivity index is 1.92. The number of nitrogens with zero attached hydrogens (tertiary/aromatic N) is 2. The van der Waals surface area contributed by atoms with Gasteiger partial charge in [0.2, 0.25) is 11.8 Å². The van der Waals surface area contributed by atoms with Gasteiger partial charge in [-0.25, -0.2) is 0 Å². The SMILES string of the molecule is CCNCC(O)CN1CC(=O)N2CCCC2C1=O. The minimum Gasteiger partial charge on any atom is -0.390 e. The lowest BCUT2D eigenvalue weighted by Gasteiger charge is -2.37. The van der Waals surface area contributed by atoms with Crippen molar-refractivity contribution in [3.63, 3.8) is 0 Å². The van der Waals surface area contributed by atoms with Gasteiger partial charge in [-0.15, -0.1) is 0 Å². The number of carbonyl (C=O) groups excluding carboxylic acids is 2. The van der Waals surface area contributed by atoms with E-state index >= 15 is 0 Å². The molecule has 0 aliphatic carbocycles. The lowest BCUT2D eigenvalue weighted by atomic mass is 10.1. The fourth-order valence-electron chi connectivity index (χ4n) is 2.65. The van der Waals surface area contributed by atoms with E-state index in [9.17, 15) is 14.7 Å². The number of hydrogen-bond acceptors (Lipinski definition) is 4. The zero-order valence-corrected chi connectivity index (χ0v) is 10.8. The summed E-state index contributed by atoms with van der Waals surface area (Å²) in [5.41, 5.74) is 0. The van der Waals surface area contributed by atoms with Crippen LogP contribution in [0.1, 0.15) is 19.8 Å². The van der Waals surface area contributed by atoms with Crippen LogP contribution in [0.2, 0.25) is 0 Å². The molecule has 2 unspecified atom stereocenters. The molecule has 6 heteroatoms. The largest absolute Gasteiger partial charge is 0.390 e. The molecular weight excluding hydrogens is 234 g/mol. The fourth-order valence-corrected chi connectivity index (χ4v) is 2.65. The van der Waals surface area contributed by atoms with Crippen molar-refractivity contribution in [1.82, 2.24) is 15.1 Å². The van der Waals surface area contributed by atoms with Crippen molar-refractivity contribution in [1.29, 1.82) is 0 Å². The third-order valence-electron chi connectivity index (χ3n) is 3.56. The molecule has 2 aliphatic heterocycles. The molecule has 2 amide bonds. The summed E-state index contributed by atoms with van der Waals surface area (Å²) in [6.07, 6.45) is 1.04. The van der Waals surface area contributed by atoms with Crippen molar-refractivity contribution in [3.05, 3.63) is 0 Å². The predicted octanol–water partition coefficient (Wildman–Crippen LogP) is -1.21. The second kappa shape index (κ2) is 5.67. The first-order valence-electron chi connectivity index (χ1n) is 6.60. The molecule has 0 aromatic heterocycles. The van der Waals surface area contributed by atoms with Crippen LogP contribution in [-0.2, 0) is 9.59 Å². The Kier molecular flexibility index (Phi) is 4.19. The Morgan fingerprint density at radius 1 is 1.50 bits per heavy atom. The average molecular weight is 255 g/mol. The van der Waals surface area contributed by atoms with Crippen molar-refractivity contribution >= 4 is 11.8 Å². The van der Waals surface area contributed by atoms with E-state index in [1.807, 2.05) is 6.92 Å². The lowest BCUT2D eigenvalue weighted by molar-refractivity contribution is -0.154. The van der Waals surface area contributed by atoms with Gasteiger partial charge in [-0.1, -0.05) is 6.92 Å². The molecule has 2 saturated heterocycles. The fraction of sp³-hybridized carbons (Fsp3) is 0.833. The topological polar surface area (TPSA) is 72.9 Å². The number of β-amino-alcohol motifs (C(OH)–C–C–N with tert-alkyl or cyclic N) is 1. The van der Waals surface area contributed by atoms with Gasteiger partial charge in [-0.2, -0.15) is 0 Å². The van der Waals surface area contributed by atoms with Crippen LogP contribution in [0.3, 0.4) is 0 Å². The van der Waals surface area contributed by atoms with Gasteiger partial charge in [-0.3, -0.25) is 9.59 Å². The molecule has 18 heavy (non-hydrogen) atoms. The Bertz CT molecular complexity index is 335. The van der Waals surface area contributed by atoms with Crippen LogP contribution in [0.5, 0.6) is 0 Å². The summed E-state index contributed by atoms with van der Waals surface area (Å²) in [6, 6.07) is -0.280. The van der Waals surface area contributed by atoms with Gasteiger partial charge in [0.25, 0.3) is 0 Å². The molecule has 2 aliphatic rings. The predicted molar refractivity (Wildman–Crippen MR) is 65.9 cm³/mol. The van der Waals surface area contributed by atoms with Gasteiger partial charge in [0.1, 0.15) is 6.04 Å². The molecule has 0 saturated carbocycles. The highest BCUT2D eigenvalue weighted by Crippen LogP contribution is 2.23. The van der Waals surface area contributed by atoms with Crippen LogP contribution in [0.25, 0.3) is 0 Å². The van der Waals surface area contributed by atoms with Gasteiger partial charge in [0.05, 0.1) is 12.6 Å². The van der Waals surface area contributed by atoms with Crippen LogP contribution in [0, 0.1) is 0 Å². The summed E-state index contributed by atoms with van der Waals surface area (Å²) in [7, 11) is 0. The smallest absolute Gasteiger partial charge is 0.245 e. The van der Waals surface area contributed by atoms with E-state index in [2.05, 4.69) is 5.32 Å². The maximum Gasteiger partial charge on any atom is 0.245 e. The molecule has 0 aromatic rings. The number of nitrogens with one attached hydrogen (secondary N) is 1. The highest BCUT2D eigenvalue weighted by atomic mass is 16.3. The average Bonchev–Trinajstić information content (AvgIpc) is 2.83. The number of rotatable bonds is 5. The van der Waals surface area contributed by atoms with Crippen LogP contribution in [-0.4, -0.2) is 71.6 Å². The van der Waals surface area contributed by atoms with Gasteiger partial charge < -0.3 is 20.2 Å². The zero-order valence-electron chi connectivity index (χ0n) is 10.8. The summed E-state index contributed by atoms with van der Waals surface area (Å²) in [5, 5.41) is 12.8. The molecule has 2 fully saturated rings. The van der Waals surface area contributed by atoms with Crippen molar-refractivity contribution in [2.45, 2.75) is 31.9 Å². The first-order valence-corrected chi connectivity index (χ1v) is 6.60. The van der Waals surface area contributed by atoms with Crippen LogP contribution in [0.4, 0.5) is 0 Å². The third-order valence-corrected chi connectivity index (χ3v) is 3.56. The molecule has 2 N–H and O–H groups in total. The molecule has 0 radical (unpaired) electrons. The van der Waals surface area contributed by atoms with Crippen LogP contribution >= 0.6 is 0 Å². The minimum absolute atomic E-state index is 0.00718. The Morgan fingerprint density at radius 2 is 2.28 bits per heavy atom. The standard InChI is InChI=1S/C12H21N3O3/c1-2-13-6-9(16)7-14-8-11(17)15-5-3-4-10(15)12(14)18/h9-10,13,16H,2-8H2,1H3. The number of piperazine rings is 1. The van der Waals surface area contributed by atoms with Gasteiger partial charge in [-0.05, 0) is 19.4 Å². The summed E-state index contributed by atoms with van der Waals surface area (Å²) < 4.78 is 0. The monoisotopic (exact) mass is 255 g/mol. The highest BCUT2D eigenvalue weighted by molar-refractivity contribution is 5.95. The van der Waals surface area contributed by atoms with Crippen LogP contribution < -0.4 is 5.32 Å². The van der Waals surface area contributed by atoms with E-state index in [1.165, 1.54) is 4.90 Å².